The maximum absolute atomic E-state index is 12.2. The molecule has 0 spiro atoms. The van der Waals surface area contributed by atoms with Crippen molar-refractivity contribution < 1.29 is 9.53 Å². The van der Waals surface area contributed by atoms with E-state index in [4.69, 9.17) is 10.00 Å². The summed E-state index contributed by atoms with van der Waals surface area (Å²) in [7, 11) is 0. The lowest BCUT2D eigenvalue weighted by molar-refractivity contribution is -0.0587. The first-order valence-electron chi connectivity index (χ1n) is 5.91. The van der Waals surface area contributed by atoms with Crippen molar-refractivity contribution in [2.45, 2.75) is 26.1 Å². The molecule has 18 heavy (non-hydrogen) atoms. The average molecular weight is 245 g/mol. The number of hydrogen-bond donors (Lipinski definition) is 0. The van der Waals surface area contributed by atoms with Crippen LogP contribution < -0.4 is 0 Å². The molecule has 2 rings (SSSR count). The average Bonchev–Trinajstić information content (AvgIpc) is 2.37. The predicted molar refractivity (Wildman–Crippen MR) is 64.9 cm³/mol. The summed E-state index contributed by atoms with van der Waals surface area (Å²) in [6.07, 6.45) is 1.49. The molecule has 1 saturated heterocycles. The molecule has 0 saturated carbocycles. The second-order valence-electron chi connectivity index (χ2n) is 4.51. The molecule has 1 aliphatic heterocycles. The Kier molecular flexibility index (Phi) is 3.58. The van der Waals surface area contributed by atoms with Crippen LogP contribution in [-0.4, -0.2) is 41.1 Å². The quantitative estimate of drug-likeness (QED) is 0.745. The van der Waals surface area contributed by atoms with Crippen molar-refractivity contribution in [1.82, 2.24) is 9.88 Å². The Labute approximate surface area is 106 Å². The number of carbonyl (C=O) groups excluding carboxylic acids is 1. The number of morpholine rings is 1. The summed E-state index contributed by atoms with van der Waals surface area (Å²) in [6, 6.07) is 5.17. The van der Waals surface area contributed by atoms with E-state index >= 15 is 0 Å². The van der Waals surface area contributed by atoms with Crippen molar-refractivity contribution in [2.75, 3.05) is 13.1 Å². The number of pyridine rings is 1. The van der Waals surface area contributed by atoms with Crippen molar-refractivity contribution in [1.29, 1.82) is 5.26 Å². The lowest BCUT2D eigenvalue weighted by Gasteiger charge is -2.35. The molecule has 0 aliphatic carbocycles. The van der Waals surface area contributed by atoms with Crippen molar-refractivity contribution in [3.8, 4) is 6.07 Å². The highest BCUT2D eigenvalue weighted by molar-refractivity contribution is 5.92. The third kappa shape index (κ3) is 2.66. The highest BCUT2D eigenvalue weighted by Crippen LogP contribution is 2.13. The van der Waals surface area contributed by atoms with E-state index in [9.17, 15) is 4.79 Å². The molecule has 1 aromatic rings. The minimum atomic E-state index is -0.110. The van der Waals surface area contributed by atoms with Crippen molar-refractivity contribution in [2.24, 2.45) is 0 Å². The molecule has 1 aromatic heterocycles. The maximum atomic E-state index is 12.2. The molecule has 2 heterocycles. The van der Waals surface area contributed by atoms with E-state index < -0.39 is 0 Å². The van der Waals surface area contributed by atoms with Gasteiger partial charge in [0.1, 0.15) is 11.8 Å². The fourth-order valence-electron chi connectivity index (χ4n) is 2.09. The maximum Gasteiger partial charge on any atom is 0.272 e. The van der Waals surface area contributed by atoms with Crippen LogP contribution in [0, 0.1) is 11.3 Å². The molecule has 5 nitrogen and oxygen atoms in total. The van der Waals surface area contributed by atoms with Gasteiger partial charge in [-0.2, -0.15) is 5.26 Å². The molecule has 0 unspecified atom stereocenters. The number of nitrogens with zero attached hydrogens (tertiary/aromatic N) is 3. The monoisotopic (exact) mass is 245 g/mol. The van der Waals surface area contributed by atoms with Gasteiger partial charge in [-0.3, -0.25) is 4.79 Å². The van der Waals surface area contributed by atoms with E-state index in [1.807, 2.05) is 19.9 Å². The lowest BCUT2D eigenvalue weighted by atomic mass is 10.2. The highest BCUT2D eigenvalue weighted by atomic mass is 16.5. The summed E-state index contributed by atoms with van der Waals surface area (Å²) in [4.78, 5) is 18.0. The van der Waals surface area contributed by atoms with Crippen LogP contribution >= 0.6 is 0 Å². The smallest absolute Gasteiger partial charge is 0.272 e. The second-order valence-corrected chi connectivity index (χ2v) is 4.51. The molecule has 1 fully saturated rings. The van der Waals surface area contributed by atoms with Crippen LogP contribution in [0.5, 0.6) is 0 Å². The van der Waals surface area contributed by atoms with Crippen LogP contribution in [-0.2, 0) is 4.74 Å². The van der Waals surface area contributed by atoms with Gasteiger partial charge in [0.25, 0.3) is 5.91 Å². The molecule has 0 N–H and O–H groups in total. The number of hydrogen-bond acceptors (Lipinski definition) is 4. The number of amides is 1. The van der Waals surface area contributed by atoms with Gasteiger partial charge in [-0.05, 0) is 26.0 Å². The van der Waals surface area contributed by atoms with Crippen LogP contribution in [0.2, 0.25) is 0 Å². The van der Waals surface area contributed by atoms with Gasteiger partial charge in [0.2, 0.25) is 0 Å². The Morgan fingerprint density at radius 2 is 2.11 bits per heavy atom. The zero-order valence-corrected chi connectivity index (χ0v) is 10.5. The van der Waals surface area contributed by atoms with Crippen LogP contribution in [0.4, 0.5) is 0 Å². The molecule has 5 heteroatoms. The Morgan fingerprint density at radius 1 is 1.44 bits per heavy atom. The van der Waals surface area contributed by atoms with E-state index in [1.165, 1.54) is 6.20 Å². The van der Waals surface area contributed by atoms with Gasteiger partial charge < -0.3 is 9.64 Å². The molecule has 1 amide bonds. The van der Waals surface area contributed by atoms with Crippen LogP contribution in [0.3, 0.4) is 0 Å². The summed E-state index contributed by atoms with van der Waals surface area (Å²) >= 11 is 0. The number of nitriles is 1. The van der Waals surface area contributed by atoms with Crippen molar-refractivity contribution in [3.05, 3.63) is 29.6 Å². The summed E-state index contributed by atoms with van der Waals surface area (Å²) in [5.41, 5.74) is 0.825. The zero-order valence-electron chi connectivity index (χ0n) is 10.5. The van der Waals surface area contributed by atoms with E-state index in [0.717, 1.165) is 0 Å². The van der Waals surface area contributed by atoms with E-state index in [1.54, 1.807) is 17.0 Å². The predicted octanol–water partition coefficient (Wildman–Crippen LogP) is 1.20. The summed E-state index contributed by atoms with van der Waals surface area (Å²) in [6.45, 7) is 5.04. The summed E-state index contributed by atoms with van der Waals surface area (Å²) in [5, 5.41) is 8.68. The largest absolute Gasteiger partial charge is 0.372 e. The second kappa shape index (κ2) is 5.15. The topological polar surface area (TPSA) is 66.2 Å². The molecule has 2 atom stereocenters. The fraction of sp³-hybridized carbons (Fsp3) is 0.462. The van der Waals surface area contributed by atoms with Crippen molar-refractivity contribution >= 4 is 5.91 Å². The third-order valence-corrected chi connectivity index (χ3v) is 2.82. The summed E-state index contributed by atoms with van der Waals surface area (Å²) in [5.74, 6) is -0.110. The van der Waals surface area contributed by atoms with Gasteiger partial charge in [0.05, 0.1) is 17.8 Å². The standard InChI is InChI=1S/C13H15N3O2/c1-9-7-16(8-10(2)18-9)13(17)12-4-3-11(5-14)6-15-12/h3-4,6,9-10H,7-8H2,1-2H3/t9-,10+. The molecule has 1 aliphatic rings. The molecule has 0 aromatic carbocycles. The van der Waals surface area contributed by atoms with Gasteiger partial charge >= 0.3 is 0 Å². The number of ether oxygens (including phenoxy) is 1. The molecule has 94 valence electrons. The van der Waals surface area contributed by atoms with E-state index in [2.05, 4.69) is 4.98 Å². The first-order chi connectivity index (χ1) is 8.60. The molecular formula is C13H15N3O2. The molecular weight excluding hydrogens is 230 g/mol. The van der Waals surface area contributed by atoms with Crippen LogP contribution in [0.15, 0.2) is 18.3 Å². The normalized spacial score (nSPS) is 23.5. The first kappa shape index (κ1) is 12.5. The van der Waals surface area contributed by atoms with Gasteiger partial charge in [-0.1, -0.05) is 0 Å². The van der Waals surface area contributed by atoms with E-state index in [-0.39, 0.29) is 18.1 Å². The fourth-order valence-corrected chi connectivity index (χ4v) is 2.09. The van der Waals surface area contributed by atoms with E-state index in [0.29, 0.717) is 24.3 Å². The van der Waals surface area contributed by atoms with Crippen molar-refractivity contribution in [3.63, 3.8) is 0 Å². The molecule has 0 bridgehead atoms. The lowest BCUT2D eigenvalue weighted by Crippen LogP contribution is -2.48. The molecule has 0 radical (unpaired) electrons. The number of carbonyl (C=O) groups is 1. The Bertz CT molecular complexity index is 468. The Hall–Kier alpha value is -1.93. The van der Waals surface area contributed by atoms with Gasteiger partial charge in [-0.25, -0.2) is 4.98 Å². The minimum absolute atomic E-state index is 0.0380. The number of rotatable bonds is 1. The van der Waals surface area contributed by atoms with Gasteiger partial charge in [0.15, 0.2) is 0 Å². The third-order valence-electron chi connectivity index (χ3n) is 2.82. The van der Waals surface area contributed by atoms with Crippen LogP contribution in [0.25, 0.3) is 0 Å². The minimum Gasteiger partial charge on any atom is -0.372 e. The Balaban J connectivity index is 2.12. The Morgan fingerprint density at radius 3 is 2.61 bits per heavy atom. The number of aromatic nitrogens is 1. The van der Waals surface area contributed by atoms with Crippen LogP contribution in [0.1, 0.15) is 29.9 Å². The SMILES string of the molecule is C[C@@H]1CN(C(=O)c2ccc(C#N)cn2)C[C@H](C)O1. The zero-order chi connectivity index (χ0) is 13.1. The first-order valence-corrected chi connectivity index (χ1v) is 5.91. The van der Waals surface area contributed by atoms with Gasteiger partial charge in [0, 0.05) is 19.3 Å². The highest BCUT2D eigenvalue weighted by Gasteiger charge is 2.27. The summed E-state index contributed by atoms with van der Waals surface area (Å²) < 4.78 is 5.58. The van der Waals surface area contributed by atoms with Gasteiger partial charge in [-0.15, -0.1) is 0 Å².